The molecular weight excluding hydrogens is 382 g/mol. The van der Waals surface area contributed by atoms with Gasteiger partial charge in [-0.05, 0) is 50.8 Å². The van der Waals surface area contributed by atoms with E-state index >= 15 is 0 Å². The maximum Gasteiger partial charge on any atom is 0.266 e. The minimum absolute atomic E-state index is 0. The highest BCUT2D eigenvalue weighted by molar-refractivity contribution is 7.22. The average Bonchev–Trinajstić information content (AvgIpc) is 3.03. The number of likely N-dealkylation sites (N-methyl/N-ethyl adjacent to an activating group) is 1. The number of nitrogens with zero attached hydrogens (tertiary/aromatic N) is 3. The van der Waals surface area contributed by atoms with Gasteiger partial charge in [0.25, 0.3) is 5.91 Å². The minimum Gasteiger partial charge on any atom is -0.484 e. The molecule has 0 radical (unpaired) electrons. The number of anilines is 1. The number of ether oxygens (including phenoxy) is 1. The van der Waals surface area contributed by atoms with Gasteiger partial charge in [-0.3, -0.25) is 9.69 Å². The molecule has 0 saturated heterocycles. The first kappa shape index (κ1) is 21.2. The number of para-hydroxylation sites is 1. The van der Waals surface area contributed by atoms with Crippen LogP contribution in [0.25, 0.3) is 10.2 Å². The fourth-order valence-electron chi connectivity index (χ4n) is 2.53. The van der Waals surface area contributed by atoms with Crippen LogP contribution in [-0.4, -0.2) is 49.6 Å². The smallest absolute Gasteiger partial charge is 0.266 e. The summed E-state index contributed by atoms with van der Waals surface area (Å²) in [4.78, 5) is 21.2. The SMILES string of the molecule is Cc1cccc(OCC(=O)N(CCN(C)C)c2nc3ccccc3s2)c1.Cl. The van der Waals surface area contributed by atoms with Gasteiger partial charge in [-0.2, -0.15) is 0 Å². The summed E-state index contributed by atoms with van der Waals surface area (Å²) in [6.45, 7) is 3.32. The molecule has 27 heavy (non-hydrogen) atoms. The third-order valence-electron chi connectivity index (χ3n) is 3.94. The van der Waals surface area contributed by atoms with Crippen LogP contribution in [0, 0.1) is 6.92 Å². The molecule has 144 valence electrons. The number of thiazole rings is 1. The molecule has 0 atom stereocenters. The Balaban J connectivity index is 0.00000261. The van der Waals surface area contributed by atoms with Gasteiger partial charge in [0, 0.05) is 13.1 Å². The van der Waals surface area contributed by atoms with E-state index in [1.54, 1.807) is 4.90 Å². The van der Waals surface area contributed by atoms with Crippen LogP contribution in [0.2, 0.25) is 0 Å². The number of rotatable bonds is 7. The van der Waals surface area contributed by atoms with Gasteiger partial charge in [0.2, 0.25) is 0 Å². The number of carbonyl (C=O) groups excluding carboxylic acids is 1. The normalized spacial score (nSPS) is 10.7. The lowest BCUT2D eigenvalue weighted by molar-refractivity contribution is -0.120. The second-order valence-electron chi connectivity index (χ2n) is 6.42. The number of benzene rings is 2. The van der Waals surface area contributed by atoms with Crippen molar-refractivity contribution in [2.24, 2.45) is 0 Å². The number of hydrogen-bond acceptors (Lipinski definition) is 5. The van der Waals surface area contributed by atoms with E-state index in [1.165, 1.54) is 11.3 Å². The van der Waals surface area contributed by atoms with Crippen molar-refractivity contribution in [3.63, 3.8) is 0 Å². The second-order valence-corrected chi connectivity index (χ2v) is 7.43. The van der Waals surface area contributed by atoms with Gasteiger partial charge in [-0.15, -0.1) is 12.4 Å². The fourth-order valence-corrected chi connectivity index (χ4v) is 3.54. The topological polar surface area (TPSA) is 45.7 Å². The maximum absolute atomic E-state index is 12.8. The van der Waals surface area contributed by atoms with Crippen LogP contribution in [0.4, 0.5) is 5.13 Å². The van der Waals surface area contributed by atoms with Gasteiger partial charge in [-0.25, -0.2) is 4.98 Å². The molecule has 1 heterocycles. The van der Waals surface area contributed by atoms with Gasteiger partial charge < -0.3 is 9.64 Å². The Labute approximate surface area is 170 Å². The Hall–Kier alpha value is -2.15. The summed E-state index contributed by atoms with van der Waals surface area (Å²) in [7, 11) is 3.98. The molecule has 0 aliphatic heterocycles. The molecule has 0 aliphatic rings. The molecule has 0 fully saturated rings. The quantitative estimate of drug-likeness (QED) is 0.596. The average molecular weight is 406 g/mol. The molecular formula is C20H24ClN3O2S. The highest BCUT2D eigenvalue weighted by Gasteiger charge is 2.20. The van der Waals surface area contributed by atoms with Crippen molar-refractivity contribution in [2.75, 3.05) is 38.7 Å². The number of aryl methyl sites for hydroxylation is 1. The first-order valence-electron chi connectivity index (χ1n) is 8.53. The van der Waals surface area contributed by atoms with Crippen molar-refractivity contribution >= 4 is 45.0 Å². The molecule has 0 bridgehead atoms. The standard InChI is InChI=1S/C20H23N3O2S.ClH/c1-15-7-6-8-16(13-15)25-14-19(24)23(12-11-22(2)3)20-21-17-9-4-5-10-18(17)26-20;/h4-10,13H,11-12,14H2,1-3H3;1H. The zero-order valence-corrected chi connectivity index (χ0v) is 17.3. The van der Waals surface area contributed by atoms with Crippen molar-refractivity contribution in [3.05, 3.63) is 54.1 Å². The summed E-state index contributed by atoms with van der Waals surface area (Å²) < 4.78 is 6.78. The highest BCUT2D eigenvalue weighted by atomic mass is 35.5. The maximum atomic E-state index is 12.8. The van der Waals surface area contributed by atoms with E-state index in [9.17, 15) is 4.79 Å². The summed E-state index contributed by atoms with van der Waals surface area (Å²) in [5.41, 5.74) is 2.01. The van der Waals surface area contributed by atoms with E-state index in [1.807, 2.05) is 69.6 Å². The molecule has 7 heteroatoms. The third kappa shape index (κ3) is 5.66. The summed E-state index contributed by atoms with van der Waals surface area (Å²) in [5.74, 6) is 0.614. The molecule has 0 unspecified atom stereocenters. The number of halogens is 1. The number of hydrogen-bond donors (Lipinski definition) is 0. The van der Waals surface area contributed by atoms with Crippen LogP contribution < -0.4 is 9.64 Å². The Kier molecular flexibility index (Phi) is 7.59. The number of amides is 1. The molecule has 0 spiro atoms. The summed E-state index contributed by atoms with van der Waals surface area (Å²) in [6.07, 6.45) is 0. The monoisotopic (exact) mass is 405 g/mol. The highest BCUT2D eigenvalue weighted by Crippen LogP contribution is 2.28. The van der Waals surface area contributed by atoms with Gasteiger partial charge in [0.1, 0.15) is 5.75 Å². The molecule has 1 aromatic heterocycles. The Morgan fingerprint density at radius 3 is 2.59 bits per heavy atom. The van der Waals surface area contributed by atoms with E-state index in [0.29, 0.717) is 17.4 Å². The van der Waals surface area contributed by atoms with E-state index in [2.05, 4.69) is 9.88 Å². The predicted molar refractivity (Wildman–Crippen MR) is 114 cm³/mol. The molecule has 0 aliphatic carbocycles. The van der Waals surface area contributed by atoms with E-state index in [-0.39, 0.29) is 24.9 Å². The Morgan fingerprint density at radius 1 is 1.11 bits per heavy atom. The summed E-state index contributed by atoms with van der Waals surface area (Å²) >= 11 is 1.53. The van der Waals surface area contributed by atoms with Crippen LogP contribution >= 0.6 is 23.7 Å². The lowest BCUT2D eigenvalue weighted by Crippen LogP contribution is -2.39. The zero-order valence-electron chi connectivity index (χ0n) is 15.7. The molecule has 3 rings (SSSR count). The van der Waals surface area contributed by atoms with Crippen LogP contribution in [0.15, 0.2) is 48.5 Å². The number of aromatic nitrogens is 1. The van der Waals surface area contributed by atoms with Crippen molar-refractivity contribution in [2.45, 2.75) is 6.92 Å². The third-order valence-corrected chi connectivity index (χ3v) is 5.00. The molecule has 5 nitrogen and oxygen atoms in total. The first-order valence-corrected chi connectivity index (χ1v) is 9.35. The van der Waals surface area contributed by atoms with Crippen LogP contribution in [-0.2, 0) is 4.79 Å². The lowest BCUT2D eigenvalue weighted by Gasteiger charge is -2.22. The first-order chi connectivity index (χ1) is 12.5. The Morgan fingerprint density at radius 2 is 1.89 bits per heavy atom. The van der Waals surface area contributed by atoms with Crippen molar-refractivity contribution in [1.29, 1.82) is 0 Å². The zero-order chi connectivity index (χ0) is 18.5. The largest absolute Gasteiger partial charge is 0.484 e. The van der Waals surface area contributed by atoms with Gasteiger partial charge in [-0.1, -0.05) is 35.6 Å². The van der Waals surface area contributed by atoms with Gasteiger partial charge in [0.15, 0.2) is 11.7 Å². The number of fused-ring (bicyclic) bond motifs is 1. The van der Waals surface area contributed by atoms with Crippen LogP contribution in [0.5, 0.6) is 5.75 Å². The van der Waals surface area contributed by atoms with Gasteiger partial charge >= 0.3 is 0 Å². The van der Waals surface area contributed by atoms with Crippen molar-refractivity contribution in [3.8, 4) is 5.75 Å². The fraction of sp³-hybridized carbons (Fsp3) is 0.300. The molecule has 0 N–H and O–H groups in total. The van der Waals surface area contributed by atoms with Crippen LogP contribution in [0.3, 0.4) is 0 Å². The van der Waals surface area contributed by atoms with E-state index < -0.39 is 0 Å². The molecule has 0 saturated carbocycles. The molecule has 3 aromatic rings. The predicted octanol–water partition coefficient (Wildman–Crippen LogP) is 4.00. The minimum atomic E-state index is -0.0904. The van der Waals surface area contributed by atoms with Crippen molar-refractivity contribution in [1.82, 2.24) is 9.88 Å². The number of carbonyl (C=O) groups is 1. The van der Waals surface area contributed by atoms with E-state index in [4.69, 9.17) is 4.74 Å². The summed E-state index contributed by atoms with van der Waals surface area (Å²) in [6, 6.07) is 15.6. The molecule has 2 aromatic carbocycles. The lowest BCUT2D eigenvalue weighted by atomic mass is 10.2. The molecule has 1 amide bonds. The Bertz CT molecular complexity index is 865. The van der Waals surface area contributed by atoms with Gasteiger partial charge in [0.05, 0.1) is 10.2 Å². The van der Waals surface area contributed by atoms with E-state index in [0.717, 1.165) is 22.3 Å². The second kappa shape index (κ2) is 9.69. The van der Waals surface area contributed by atoms with Crippen LogP contribution in [0.1, 0.15) is 5.56 Å². The summed E-state index contributed by atoms with van der Waals surface area (Å²) in [5, 5.41) is 0.714. The van der Waals surface area contributed by atoms with Crippen molar-refractivity contribution < 1.29 is 9.53 Å².